The second kappa shape index (κ2) is 3.55. The summed E-state index contributed by atoms with van der Waals surface area (Å²) in [5, 5.41) is 8.84. The van der Waals surface area contributed by atoms with Crippen molar-refractivity contribution >= 4 is 0 Å². The van der Waals surface area contributed by atoms with E-state index < -0.39 is 0 Å². The van der Waals surface area contributed by atoms with Crippen LogP contribution in [0.4, 0.5) is 0 Å². The Bertz CT molecular complexity index is 125. The number of ether oxygens (including phenoxy) is 1. The van der Waals surface area contributed by atoms with Crippen LogP contribution >= 0.6 is 0 Å². The normalized spacial score (nSPS) is 37.9. The fourth-order valence-corrected chi connectivity index (χ4v) is 1.88. The van der Waals surface area contributed by atoms with Crippen LogP contribution in [0.3, 0.4) is 0 Å². The van der Waals surface area contributed by atoms with Crippen LogP contribution in [-0.4, -0.2) is 24.4 Å². The molecule has 0 aliphatic carbocycles. The average Bonchev–Trinajstić information content (AvgIpc) is 2.33. The Kier molecular flexibility index (Phi) is 2.90. The SMILES string of the molecule is CCCC1(C)COC(CO)C1. The van der Waals surface area contributed by atoms with E-state index >= 15 is 0 Å². The molecule has 0 aromatic carbocycles. The third kappa shape index (κ3) is 2.17. The molecule has 2 heteroatoms. The molecule has 0 bridgehead atoms. The van der Waals surface area contributed by atoms with Gasteiger partial charge in [0.1, 0.15) is 0 Å². The molecule has 1 rings (SSSR count). The molecule has 0 amide bonds. The van der Waals surface area contributed by atoms with E-state index in [1.54, 1.807) is 0 Å². The van der Waals surface area contributed by atoms with Gasteiger partial charge in [-0.05, 0) is 18.3 Å². The van der Waals surface area contributed by atoms with Crippen LogP contribution in [0.1, 0.15) is 33.1 Å². The second-order valence-electron chi connectivity index (χ2n) is 3.88. The van der Waals surface area contributed by atoms with E-state index in [0.717, 1.165) is 13.0 Å². The van der Waals surface area contributed by atoms with Crippen LogP contribution in [0, 0.1) is 5.41 Å². The van der Waals surface area contributed by atoms with E-state index in [-0.39, 0.29) is 12.7 Å². The van der Waals surface area contributed by atoms with Gasteiger partial charge in [-0.25, -0.2) is 0 Å². The van der Waals surface area contributed by atoms with E-state index in [4.69, 9.17) is 9.84 Å². The number of aliphatic hydroxyl groups excluding tert-OH is 1. The first kappa shape index (κ1) is 9.01. The largest absolute Gasteiger partial charge is 0.394 e. The van der Waals surface area contributed by atoms with Crippen LogP contribution < -0.4 is 0 Å². The molecule has 1 saturated heterocycles. The van der Waals surface area contributed by atoms with Gasteiger partial charge in [0.05, 0.1) is 19.3 Å². The molecule has 1 aliphatic heterocycles. The third-order valence-electron chi connectivity index (χ3n) is 2.45. The van der Waals surface area contributed by atoms with Crippen molar-refractivity contribution in [1.29, 1.82) is 0 Å². The van der Waals surface area contributed by atoms with Crippen molar-refractivity contribution in [2.45, 2.75) is 39.2 Å². The number of rotatable bonds is 3. The highest BCUT2D eigenvalue weighted by Crippen LogP contribution is 2.36. The lowest BCUT2D eigenvalue weighted by molar-refractivity contribution is 0.0531. The molecular weight excluding hydrogens is 140 g/mol. The van der Waals surface area contributed by atoms with Crippen molar-refractivity contribution in [2.75, 3.05) is 13.2 Å². The number of aliphatic hydroxyl groups is 1. The van der Waals surface area contributed by atoms with Crippen LogP contribution in [0.5, 0.6) is 0 Å². The predicted octanol–water partition coefficient (Wildman–Crippen LogP) is 1.57. The van der Waals surface area contributed by atoms with Gasteiger partial charge in [0.25, 0.3) is 0 Å². The summed E-state index contributed by atoms with van der Waals surface area (Å²) in [6, 6.07) is 0. The van der Waals surface area contributed by atoms with Crippen molar-refractivity contribution in [3.63, 3.8) is 0 Å². The lowest BCUT2D eigenvalue weighted by Crippen LogP contribution is -2.16. The maximum absolute atomic E-state index is 8.84. The second-order valence-corrected chi connectivity index (χ2v) is 3.88. The minimum atomic E-state index is 0.103. The Hall–Kier alpha value is -0.0800. The van der Waals surface area contributed by atoms with E-state index in [1.807, 2.05) is 0 Å². The standard InChI is InChI=1S/C9H18O2/c1-3-4-9(2)5-8(6-10)11-7-9/h8,10H,3-7H2,1-2H3. The molecule has 0 radical (unpaired) electrons. The van der Waals surface area contributed by atoms with E-state index in [2.05, 4.69) is 13.8 Å². The predicted molar refractivity (Wildman–Crippen MR) is 44.5 cm³/mol. The van der Waals surface area contributed by atoms with Crippen molar-refractivity contribution < 1.29 is 9.84 Å². The Labute approximate surface area is 68.6 Å². The van der Waals surface area contributed by atoms with Gasteiger partial charge < -0.3 is 9.84 Å². The molecule has 1 heterocycles. The molecule has 1 fully saturated rings. The molecule has 0 spiro atoms. The molecule has 0 aromatic heterocycles. The van der Waals surface area contributed by atoms with Gasteiger partial charge in [0.15, 0.2) is 0 Å². The highest BCUT2D eigenvalue weighted by atomic mass is 16.5. The molecule has 0 aromatic rings. The fourth-order valence-electron chi connectivity index (χ4n) is 1.88. The molecular formula is C9H18O2. The zero-order chi connectivity index (χ0) is 8.32. The molecule has 0 saturated carbocycles. The van der Waals surface area contributed by atoms with Gasteiger partial charge in [-0.15, -0.1) is 0 Å². The highest BCUT2D eigenvalue weighted by Gasteiger charge is 2.34. The van der Waals surface area contributed by atoms with Gasteiger partial charge in [0.2, 0.25) is 0 Å². The summed E-state index contributed by atoms with van der Waals surface area (Å²) in [4.78, 5) is 0. The van der Waals surface area contributed by atoms with Crippen LogP contribution in [-0.2, 0) is 4.74 Å². The Morgan fingerprint density at radius 2 is 2.36 bits per heavy atom. The van der Waals surface area contributed by atoms with Crippen molar-refractivity contribution in [3.8, 4) is 0 Å². The van der Waals surface area contributed by atoms with E-state index in [9.17, 15) is 0 Å². The molecule has 2 unspecified atom stereocenters. The fraction of sp³-hybridized carbons (Fsp3) is 1.00. The Morgan fingerprint density at radius 3 is 2.82 bits per heavy atom. The van der Waals surface area contributed by atoms with Crippen LogP contribution in [0.25, 0.3) is 0 Å². The van der Waals surface area contributed by atoms with Gasteiger partial charge in [0, 0.05) is 0 Å². The molecule has 2 atom stereocenters. The van der Waals surface area contributed by atoms with Crippen molar-refractivity contribution in [3.05, 3.63) is 0 Å². The molecule has 2 nitrogen and oxygen atoms in total. The molecule has 1 N–H and O–H groups in total. The van der Waals surface area contributed by atoms with Crippen LogP contribution in [0.15, 0.2) is 0 Å². The summed E-state index contributed by atoms with van der Waals surface area (Å²) in [6.45, 7) is 5.44. The summed E-state index contributed by atoms with van der Waals surface area (Å²) in [5.41, 5.74) is 0.335. The number of hydrogen-bond donors (Lipinski definition) is 1. The summed E-state index contributed by atoms with van der Waals surface area (Å²) in [7, 11) is 0. The van der Waals surface area contributed by atoms with Crippen molar-refractivity contribution in [2.24, 2.45) is 5.41 Å². The first-order valence-corrected chi connectivity index (χ1v) is 4.42. The first-order valence-electron chi connectivity index (χ1n) is 4.42. The summed E-state index contributed by atoms with van der Waals surface area (Å²) < 4.78 is 5.42. The maximum Gasteiger partial charge on any atom is 0.0812 e. The van der Waals surface area contributed by atoms with Gasteiger partial charge in [-0.3, -0.25) is 0 Å². The van der Waals surface area contributed by atoms with Crippen LogP contribution in [0.2, 0.25) is 0 Å². The van der Waals surface area contributed by atoms with Gasteiger partial charge >= 0.3 is 0 Å². The Balaban J connectivity index is 2.37. The topological polar surface area (TPSA) is 29.5 Å². The van der Waals surface area contributed by atoms with E-state index in [1.165, 1.54) is 12.8 Å². The Morgan fingerprint density at radius 1 is 1.64 bits per heavy atom. The molecule has 66 valence electrons. The lowest BCUT2D eigenvalue weighted by Gasteiger charge is -2.20. The number of hydrogen-bond acceptors (Lipinski definition) is 2. The monoisotopic (exact) mass is 158 g/mol. The highest BCUT2D eigenvalue weighted by molar-refractivity contribution is 4.83. The first-order chi connectivity index (χ1) is 5.20. The van der Waals surface area contributed by atoms with Crippen molar-refractivity contribution in [1.82, 2.24) is 0 Å². The minimum absolute atomic E-state index is 0.103. The van der Waals surface area contributed by atoms with Gasteiger partial charge in [-0.2, -0.15) is 0 Å². The van der Waals surface area contributed by atoms with Gasteiger partial charge in [-0.1, -0.05) is 20.3 Å². The molecule has 1 aliphatic rings. The molecule has 11 heavy (non-hydrogen) atoms. The average molecular weight is 158 g/mol. The van der Waals surface area contributed by atoms with E-state index in [0.29, 0.717) is 5.41 Å². The quantitative estimate of drug-likeness (QED) is 0.675. The lowest BCUT2D eigenvalue weighted by atomic mass is 9.83. The smallest absolute Gasteiger partial charge is 0.0812 e. The third-order valence-corrected chi connectivity index (χ3v) is 2.45. The maximum atomic E-state index is 8.84. The summed E-state index contributed by atoms with van der Waals surface area (Å²) in [6.07, 6.45) is 3.55. The summed E-state index contributed by atoms with van der Waals surface area (Å²) >= 11 is 0. The zero-order valence-corrected chi connectivity index (χ0v) is 7.47. The summed E-state index contributed by atoms with van der Waals surface area (Å²) in [5.74, 6) is 0. The minimum Gasteiger partial charge on any atom is -0.394 e. The zero-order valence-electron chi connectivity index (χ0n) is 7.47.